The molecule has 0 aromatic heterocycles. The average Bonchev–Trinajstić information content (AvgIpc) is 2.56. The van der Waals surface area contributed by atoms with E-state index in [-0.39, 0.29) is 14.9 Å². The summed E-state index contributed by atoms with van der Waals surface area (Å²) in [6, 6.07) is 0. The molecule has 0 unspecified atom stereocenters. The van der Waals surface area contributed by atoms with Gasteiger partial charge in [-0.05, 0) is 37.3 Å². The first-order valence-corrected chi connectivity index (χ1v) is 4.85. The van der Waals surface area contributed by atoms with Crippen LogP contribution in [0, 0.1) is 0 Å². The molecule has 0 heteroatoms. The zero-order valence-electron chi connectivity index (χ0n) is 8.56. The molecule has 0 atom stereocenters. The van der Waals surface area contributed by atoms with Gasteiger partial charge in [0.1, 0.15) is 0 Å². The lowest BCUT2D eigenvalue weighted by molar-refractivity contribution is 0.906. The van der Waals surface area contributed by atoms with Gasteiger partial charge >= 0.3 is 0 Å². The van der Waals surface area contributed by atoms with Crippen LogP contribution in [0.4, 0.5) is 0 Å². The van der Waals surface area contributed by atoms with Crippen LogP contribution < -0.4 is 0 Å². The summed E-state index contributed by atoms with van der Waals surface area (Å²) in [4.78, 5) is 0. The minimum absolute atomic E-state index is 0. The molecule has 14 heavy (non-hydrogen) atoms. The summed E-state index contributed by atoms with van der Waals surface area (Å²) in [6.45, 7) is 9.84. The van der Waals surface area contributed by atoms with E-state index in [9.17, 15) is 0 Å². The topological polar surface area (TPSA) is 0 Å². The molecule has 1 aliphatic carbocycles. The second-order valence-corrected chi connectivity index (χ2v) is 2.61. The second kappa shape index (κ2) is 12.2. The minimum atomic E-state index is 0. The summed E-state index contributed by atoms with van der Waals surface area (Å²) in [6.07, 6.45) is 10.1. The monoisotopic (exact) mass is 196 g/mol. The molecule has 0 radical (unpaired) electrons. The molecule has 0 heterocycles. The van der Waals surface area contributed by atoms with Crippen LogP contribution in [0.2, 0.25) is 0 Å². The van der Waals surface area contributed by atoms with Gasteiger partial charge in [-0.1, -0.05) is 53.5 Å². The lowest BCUT2D eigenvalue weighted by atomic mass is 10.1. The van der Waals surface area contributed by atoms with E-state index < -0.39 is 0 Å². The maximum atomic E-state index is 3.78. The van der Waals surface area contributed by atoms with E-state index >= 15 is 0 Å². The summed E-state index contributed by atoms with van der Waals surface area (Å²) >= 11 is 0. The van der Waals surface area contributed by atoms with E-state index in [0.29, 0.717) is 0 Å². The molecule has 0 saturated carbocycles. The molecule has 84 valence electrons. The summed E-state index contributed by atoms with van der Waals surface area (Å²) in [5, 5.41) is 0. The molecular weight excluding hydrogens is 168 g/mol. The molecule has 0 nitrogen and oxygen atoms in total. The van der Waals surface area contributed by atoms with Gasteiger partial charge in [-0.3, -0.25) is 0 Å². The highest BCUT2D eigenvalue weighted by atomic mass is 14.1. The third-order valence-corrected chi connectivity index (χ3v) is 1.92. The van der Waals surface area contributed by atoms with Crippen molar-refractivity contribution in [2.75, 3.05) is 0 Å². The van der Waals surface area contributed by atoms with Gasteiger partial charge in [0.05, 0.1) is 0 Å². The van der Waals surface area contributed by atoms with Gasteiger partial charge < -0.3 is 0 Å². The molecule has 0 spiro atoms. The van der Waals surface area contributed by atoms with Crippen molar-refractivity contribution >= 4 is 0 Å². The standard InChI is InChI=1S/C10H14.C2H6.2CH4/c1-3-6-10-8-5-7-9(10)4-2;1-2;;/h3-4,6H,2,5,7-8H2,1H3;1-2H3;2*1H4/b6-3-;;;. The van der Waals surface area contributed by atoms with Crippen LogP contribution in [-0.2, 0) is 0 Å². The second-order valence-electron chi connectivity index (χ2n) is 2.61. The number of rotatable bonds is 2. The maximum Gasteiger partial charge on any atom is -0.0273 e. The van der Waals surface area contributed by atoms with Gasteiger partial charge in [0.2, 0.25) is 0 Å². The molecule has 0 aromatic carbocycles. The molecular formula is C14H28. The van der Waals surface area contributed by atoms with E-state index in [4.69, 9.17) is 0 Å². The van der Waals surface area contributed by atoms with E-state index in [0.717, 1.165) is 0 Å². The summed E-state index contributed by atoms with van der Waals surface area (Å²) < 4.78 is 0. The van der Waals surface area contributed by atoms with Crippen LogP contribution in [-0.4, -0.2) is 0 Å². The van der Waals surface area contributed by atoms with Gasteiger partial charge in [-0.15, -0.1) is 0 Å². The Labute approximate surface area is 91.4 Å². The molecule has 0 aromatic rings. The van der Waals surface area contributed by atoms with Gasteiger partial charge in [-0.25, -0.2) is 0 Å². The lowest BCUT2D eigenvalue weighted by Crippen LogP contribution is -1.73. The van der Waals surface area contributed by atoms with Gasteiger partial charge in [0.15, 0.2) is 0 Å². The highest BCUT2D eigenvalue weighted by molar-refractivity contribution is 5.35. The Morgan fingerprint density at radius 2 is 1.57 bits per heavy atom. The SMILES string of the molecule is C.C.C=CC1=C(/C=C\C)CCC1.CC. The Bertz CT molecular complexity index is 182. The van der Waals surface area contributed by atoms with Crippen molar-refractivity contribution in [1.29, 1.82) is 0 Å². The van der Waals surface area contributed by atoms with Crippen molar-refractivity contribution in [3.05, 3.63) is 36.0 Å². The van der Waals surface area contributed by atoms with E-state index in [1.165, 1.54) is 30.4 Å². The highest BCUT2D eigenvalue weighted by Gasteiger charge is 2.07. The summed E-state index contributed by atoms with van der Waals surface area (Å²) in [5.41, 5.74) is 2.93. The first-order valence-electron chi connectivity index (χ1n) is 4.85. The molecule has 0 N–H and O–H groups in total. The van der Waals surface area contributed by atoms with Crippen molar-refractivity contribution in [3.8, 4) is 0 Å². The maximum absolute atomic E-state index is 3.78. The molecule has 0 saturated heterocycles. The Balaban J connectivity index is -0.000000284. The molecule has 0 bridgehead atoms. The Kier molecular flexibility index (Phi) is 16.5. The van der Waals surface area contributed by atoms with Crippen LogP contribution in [0.1, 0.15) is 54.9 Å². The van der Waals surface area contributed by atoms with Crippen LogP contribution >= 0.6 is 0 Å². The van der Waals surface area contributed by atoms with Crippen LogP contribution in [0.25, 0.3) is 0 Å². The normalized spacial score (nSPS) is 13.9. The average molecular weight is 196 g/mol. The Hall–Kier alpha value is -0.780. The quantitative estimate of drug-likeness (QED) is 0.545. The minimum Gasteiger partial charge on any atom is -0.0988 e. The predicted octanol–water partition coefficient (Wildman–Crippen LogP) is 5.53. The van der Waals surface area contributed by atoms with Gasteiger partial charge in [0, 0.05) is 0 Å². The Morgan fingerprint density at radius 3 is 2.00 bits per heavy atom. The summed E-state index contributed by atoms with van der Waals surface area (Å²) in [5.74, 6) is 0. The zero-order chi connectivity index (χ0) is 9.40. The van der Waals surface area contributed by atoms with Crippen molar-refractivity contribution < 1.29 is 0 Å². The van der Waals surface area contributed by atoms with Crippen LogP contribution in [0.3, 0.4) is 0 Å². The molecule has 1 aliphatic rings. The molecule has 0 amide bonds. The largest absolute Gasteiger partial charge is 0.0988 e. The fourth-order valence-electron chi connectivity index (χ4n) is 1.42. The molecule has 1 rings (SSSR count). The predicted molar refractivity (Wildman–Crippen MR) is 70.7 cm³/mol. The molecule has 0 aliphatic heterocycles. The smallest absolute Gasteiger partial charge is 0.0273 e. The molecule has 0 fully saturated rings. The van der Waals surface area contributed by atoms with E-state index in [1.54, 1.807) is 0 Å². The number of hydrogen-bond donors (Lipinski definition) is 0. The Morgan fingerprint density at radius 1 is 1.07 bits per heavy atom. The van der Waals surface area contributed by atoms with Gasteiger partial charge in [0.25, 0.3) is 0 Å². The third kappa shape index (κ3) is 5.80. The van der Waals surface area contributed by atoms with Crippen molar-refractivity contribution in [2.45, 2.75) is 54.9 Å². The van der Waals surface area contributed by atoms with Crippen molar-refractivity contribution in [1.82, 2.24) is 0 Å². The number of allylic oxidation sites excluding steroid dienone is 5. The first-order chi connectivity index (χ1) is 5.88. The van der Waals surface area contributed by atoms with E-state index in [2.05, 4.69) is 25.7 Å². The fraction of sp³-hybridized carbons (Fsp3) is 0.571. The lowest BCUT2D eigenvalue weighted by Gasteiger charge is -1.93. The van der Waals surface area contributed by atoms with Crippen molar-refractivity contribution in [3.63, 3.8) is 0 Å². The highest BCUT2D eigenvalue weighted by Crippen LogP contribution is 2.27. The fourth-order valence-corrected chi connectivity index (χ4v) is 1.42. The van der Waals surface area contributed by atoms with Crippen LogP contribution in [0.15, 0.2) is 36.0 Å². The van der Waals surface area contributed by atoms with E-state index in [1.807, 2.05) is 19.9 Å². The van der Waals surface area contributed by atoms with Crippen LogP contribution in [0.5, 0.6) is 0 Å². The summed E-state index contributed by atoms with van der Waals surface area (Å²) in [7, 11) is 0. The first kappa shape index (κ1) is 18.9. The van der Waals surface area contributed by atoms with Gasteiger partial charge in [-0.2, -0.15) is 0 Å². The third-order valence-electron chi connectivity index (χ3n) is 1.92. The van der Waals surface area contributed by atoms with Crippen molar-refractivity contribution in [2.24, 2.45) is 0 Å². The number of hydrogen-bond acceptors (Lipinski definition) is 0. The zero-order valence-corrected chi connectivity index (χ0v) is 8.56.